The Bertz CT molecular complexity index is 1110. The molecule has 0 aromatic heterocycles. The zero-order chi connectivity index (χ0) is 26.2. The van der Waals surface area contributed by atoms with Crippen LogP contribution in [0.3, 0.4) is 0 Å². The van der Waals surface area contributed by atoms with Gasteiger partial charge in [-0.05, 0) is 63.4 Å². The average Bonchev–Trinajstić information content (AvgIpc) is 2.79. The summed E-state index contributed by atoms with van der Waals surface area (Å²) in [5.41, 5.74) is 2.40. The third-order valence-corrected chi connectivity index (χ3v) is 7.31. The van der Waals surface area contributed by atoms with E-state index in [9.17, 15) is 18.0 Å². The molecule has 1 N–H and O–H groups in total. The Morgan fingerprint density at radius 3 is 2.31 bits per heavy atom. The Hall–Kier alpha value is -2.58. The van der Waals surface area contributed by atoms with E-state index < -0.39 is 16.1 Å². The molecule has 0 saturated carbocycles. The minimum absolute atomic E-state index is 0.00843. The molecule has 0 aliphatic carbocycles. The maximum atomic E-state index is 13.3. The van der Waals surface area contributed by atoms with Crippen molar-refractivity contribution in [3.05, 3.63) is 64.7 Å². The van der Waals surface area contributed by atoms with Gasteiger partial charge in [-0.3, -0.25) is 13.9 Å². The second kappa shape index (κ2) is 12.9. The minimum Gasteiger partial charge on any atom is -0.352 e. The van der Waals surface area contributed by atoms with E-state index in [2.05, 4.69) is 5.32 Å². The molecule has 2 amide bonds. The molecule has 0 bridgehead atoms. The van der Waals surface area contributed by atoms with Crippen LogP contribution in [0.15, 0.2) is 48.5 Å². The van der Waals surface area contributed by atoms with Gasteiger partial charge in [0.05, 0.1) is 11.9 Å². The number of aryl methyl sites for hydroxylation is 1. The Labute approximate surface area is 214 Å². The van der Waals surface area contributed by atoms with Crippen molar-refractivity contribution in [2.75, 3.05) is 17.1 Å². The molecule has 0 unspecified atom stereocenters. The van der Waals surface area contributed by atoms with Crippen LogP contribution in [0.4, 0.5) is 5.69 Å². The number of anilines is 1. The van der Waals surface area contributed by atoms with Gasteiger partial charge in [0, 0.05) is 30.6 Å². The summed E-state index contributed by atoms with van der Waals surface area (Å²) in [5, 5.41) is 3.49. The lowest BCUT2D eigenvalue weighted by Crippen LogP contribution is -2.49. The molecule has 7 nitrogen and oxygen atoms in total. The fraction of sp³-hybridized carbons (Fsp3) is 0.462. The maximum Gasteiger partial charge on any atom is 0.242 e. The third kappa shape index (κ3) is 8.85. The predicted octanol–water partition coefficient (Wildman–Crippen LogP) is 4.53. The molecule has 0 aliphatic heterocycles. The maximum absolute atomic E-state index is 13.3. The minimum atomic E-state index is -3.52. The van der Waals surface area contributed by atoms with Gasteiger partial charge in [-0.25, -0.2) is 8.42 Å². The highest BCUT2D eigenvalue weighted by Crippen LogP contribution is 2.20. The molecule has 0 saturated heterocycles. The van der Waals surface area contributed by atoms with Crippen LogP contribution in [0, 0.1) is 6.92 Å². The summed E-state index contributed by atoms with van der Waals surface area (Å²) in [6.45, 7) is 7.91. The number of nitrogens with one attached hydrogen (secondary N) is 1. The van der Waals surface area contributed by atoms with Gasteiger partial charge < -0.3 is 10.2 Å². The summed E-state index contributed by atoms with van der Waals surface area (Å²) >= 11 is 6.12. The quantitative estimate of drug-likeness (QED) is 0.444. The largest absolute Gasteiger partial charge is 0.352 e. The van der Waals surface area contributed by atoms with Gasteiger partial charge in [-0.2, -0.15) is 0 Å². The van der Waals surface area contributed by atoms with E-state index in [0.717, 1.165) is 23.8 Å². The first-order valence-electron chi connectivity index (χ1n) is 11.8. The second-order valence-electron chi connectivity index (χ2n) is 8.92. The van der Waals surface area contributed by atoms with Crippen molar-refractivity contribution in [3.8, 4) is 0 Å². The van der Waals surface area contributed by atoms with Gasteiger partial charge in [0.25, 0.3) is 0 Å². The lowest BCUT2D eigenvalue weighted by Gasteiger charge is -2.30. The number of nitrogens with zero attached hydrogens (tertiary/aromatic N) is 2. The number of sulfonamides is 1. The number of rotatable bonds is 12. The molecule has 0 spiro atoms. The monoisotopic (exact) mass is 521 g/mol. The SMILES string of the molecule is CC[C@@H](C)NC(=O)[C@@H](C)N(Cc1cccc(Cl)c1)C(=O)CCCN(c1ccc(C)cc1)S(C)(=O)=O. The summed E-state index contributed by atoms with van der Waals surface area (Å²) < 4.78 is 26.1. The molecular weight excluding hydrogens is 486 g/mol. The van der Waals surface area contributed by atoms with Crippen LogP contribution in [0.1, 0.15) is 51.2 Å². The number of carbonyl (C=O) groups is 2. The smallest absolute Gasteiger partial charge is 0.242 e. The van der Waals surface area contributed by atoms with Crippen molar-refractivity contribution < 1.29 is 18.0 Å². The first-order valence-corrected chi connectivity index (χ1v) is 14.0. The fourth-order valence-corrected chi connectivity index (χ4v) is 4.77. The lowest BCUT2D eigenvalue weighted by atomic mass is 10.1. The van der Waals surface area contributed by atoms with Crippen LogP contribution < -0.4 is 9.62 Å². The van der Waals surface area contributed by atoms with E-state index in [1.54, 1.807) is 37.3 Å². The summed E-state index contributed by atoms with van der Waals surface area (Å²) in [6.07, 6.45) is 2.34. The predicted molar refractivity (Wildman–Crippen MR) is 142 cm³/mol. The molecule has 0 heterocycles. The molecule has 0 fully saturated rings. The molecule has 35 heavy (non-hydrogen) atoms. The lowest BCUT2D eigenvalue weighted by molar-refractivity contribution is -0.140. The highest BCUT2D eigenvalue weighted by atomic mass is 35.5. The summed E-state index contributed by atoms with van der Waals surface area (Å²) in [6, 6.07) is 13.7. The number of hydrogen-bond donors (Lipinski definition) is 1. The summed E-state index contributed by atoms with van der Waals surface area (Å²) in [7, 11) is -3.52. The van der Waals surface area contributed by atoms with Crippen molar-refractivity contribution in [2.24, 2.45) is 0 Å². The van der Waals surface area contributed by atoms with E-state index >= 15 is 0 Å². The highest BCUT2D eigenvalue weighted by molar-refractivity contribution is 7.92. The van der Waals surface area contributed by atoms with Gasteiger partial charge >= 0.3 is 0 Å². The Morgan fingerprint density at radius 1 is 1.09 bits per heavy atom. The molecule has 0 aliphatic rings. The zero-order valence-electron chi connectivity index (χ0n) is 21.1. The van der Waals surface area contributed by atoms with Crippen LogP contribution in [-0.4, -0.2) is 50.0 Å². The average molecular weight is 522 g/mol. The first kappa shape index (κ1) is 28.7. The number of carbonyl (C=O) groups excluding carboxylic acids is 2. The molecular formula is C26H36ClN3O4S. The topological polar surface area (TPSA) is 86.8 Å². The number of amides is 2. The van der Waals surface area contributed by atoms with E-state index in [1.807, 2.05) is 39.0 Å². The molecule has 0 radical (unpaired) electrons. The van der Waals surface area contributed by atoms with Crippen molar-refractivity contribution in [3.63, 3.8) is 0 Å². The van der Waals surface area contributed by atoms with E-state index in [4.69, 9.17) is 11.6 Å². The van der Waals surface area contributed by atoms with Gasteiger partial charge in [0.2, 0.25) is 21.8 Å². The molecule has 192 valence electrons. The summed E-state index contributed by atoms with van der Waals surface area (Å²) in [5.74, 6) is -0.457. The molecule has 2 aromatic rings. The van der Waals surface area contributed by atoms with Crippen LogP contribution in [-0.2, 0) is 26.2 Å². The number of halogens is 1. The molecule has 2 rings (SSSR count). The molecule has 9 heteroatoms. The Balaban J connectivity index is 2.16. The van der Waals surface area contributed by atoms with E-state index in [0.29, 0.717) is 17.1 Å². The second-order valence-corrected chi connectivity index (χ2v) is 11.3. The van der Waals surface area contributed by atoms with Crippen molar-refractivity contribution in [1.82, 2.24) is 10.2 Å². The molecule has 2 atom stereocenters. The molecule has 2 aromatic carbocycles. The Morgan fingerprint density at radius 2 is 1.74 bits per heavy atom. The Kier molecular flexibility index (Phi) is 10.6. The number of hydrogen-bond acceptors (Lipinski definition) is 4. The van der Waals surface area contributed by atoms with Crippen molar-refractivity contribution in [1.29, 1.82) is 0 Å². The van der Waals surface area contributed by atoms with Crippen molar-refractivity contribution in [2.45, 2.75) is 65.6 Å². The van der Waals surface area contributed by atoms with Crippen molar-refractivity contribution >= 4 is 39.1 Å². The standard InChI is InChI=1S/C26H36ClN3O4S/c1-6-20(3)28-26(32)21(4)29(18-22-9-7-10-23(27)17-22)25(31)11-8-16-30(35(5,33)34)24-14-12-19(2)13-15-24/h7,9-10,12-15,17,20-21H,6,8,11,16,18H2,1-5H3,(H,28,32)/t20-,21-/m1/s1. The van der Waals surface area contributed by atoms with E-state index in [1.165, 1.54) is 9.21 Å². The van der Waals surface area contributed by atoms with Crippen LogP contribution >= 0.6 is 11.6 Å². The van der Waals surface area contributed by atoms with E-state index in [-0.39, 0.29) is 37.4 Å². The highest BCUT2D eigenvalue weighted by Gasteiger charge is 2.27. The summed E-state index contributed by atoms with van der Waals surface area (Å²) in [4.78, 5) is 27.6. The van der Waals surface area contributed by atoms with Crippen LogP contribution in [0.25, 0.3) is 0 Å². The van der Waals surface area contributed by atoms with Gasteiger partial charge in [-0.1, -0.05) is 48.4 Å². The zero-order valence-corrected chi connectivity index (χ0v) is 22.7. The normalized spacial score (nSPS) is 13.1. The van der Waals surface area contributed by atoms with Gasteiger partial charge in [0.1, 0.15) is 6.04 Å². The van der Waals surface area contributed by atoms with Crippen LogP contribution in [0.2, 0.25) is 5.02 Å². The fourth-order valence-electron chi connectivity index (χ4n) is 3.60. The van der Waals surface area contributed by atoms with Gasteiger partial charge in [0.15, 0.2) is 0 Å². The van der Waals surface area contributed by atoms with Crippen LogP contribution in [0.5, 0.6) is 0 Å². The first-order chi connectivity index (χ1) is 16.4. The third-order valence-electron chi connectivity index (χ3n) is 5.88. The van der Waals surface area contributed by atoms with Gasteiger partial charge in [-0.15, -0.1) is 0 Å². The number of benzene rings is 2.